The number of likely N-dealkylation sites (tertiary alicyclic amines) is 1. The minimum atomic E-state index is -0.318. The Morgan fingerprint density at radius 3 is 2.64 bits per heavy atom. The fourth-order valence-electron chi connectivity index (χ4n) is 4.57. The highest BCUT2D eigenvalue weighted by Crippen LogP contribution is 2.35. The maximum atomic E-state index is 9.60. The van der Waals surface area contributed by atoms with Crippen molar-refractivity contribution >= 4 is 17.4 Å². The van der Waals surface area contributed by atoms with E-state index < -0.39 is 0 Å². The quantitative estimate of drug-likeness (QED) is 0.476. The second-order valence-electron chi connectivity index (χ2n) is 9.80. The van der Waals surface area contributed by atoms with Crippen molar-refractivity contribution in [1.82, 2.24) is 9.88 Å². The Balaban J connectivity index is 0.000000383. The lowest BCUT2D eigenvalue weighted by atomic mass is 9.92. The number of nitrogens with zero attached hydrogens (tertiary/aromatic N) is 2. The number of fused-ring (bicyclic) bond motifs is 1. The Morgan fingerprint density at radius 2 is 1.97 bits per heavy atom. The highest BCUT2D eigenvalue weighted by molar-refractivity contribution is 5.87. The Kier molecular flexibility index (Phi) is 7.94. The molecule has 3 aromatic rings. The van der Waals surface area contributed by atoms with Crippen LogP contribution < -0.4 is 0 Å². The molecule has 2 heterocycles. The number of nitrogens with one attached hydrogen (secondary N) is 1. The first-order chi connectivity index (χ1) is 15.7. The van der Waals surface area contributed by atoms with Crippen LogP contribution in [0.25, 0.3) is 10.9 Å². The summed E-state index contributed by atoms with van der Waals surface area (Å²) in [5, 5.41) is 10.6. The number of carbonyl (C=O) groups is 1. The summed E-state index contributed by atoms with van der Waals surface area (Å²) in [6.07, 6.45) is 5.71. The van der Waals surface area contributed by atoms with Crippen molar-refractivity contribution in [2.24, 2.45) is 0 Å². The molecule has 33 heavy (non-hydrogen) atoms. The molecule has 1 saturated heterocycles. The van der Waals surface area contributed by atoms with Gasteiger partial charge in [-0.1, -0.05) is 24.6 Å². The molecule has 2 aromatic carbocycles. The number of aromatic nitrogens is 1. The van der Waals surface area contributed by atoms with Crippen LogP contribution in [0.1, 0.15) is 73.9 Å². The van der Waals surface area contributed by atoms with Crippen LogP contribution in [0.4, 0.5) is 0 Å². The van der Waals surface area contributed by atoms with Crippen LogP contribution in [-0.4, -0.2) is 28.5 Å². The van der Waals surface area contributed by atoms with Crippen LogP contribution in [0.2, 0.25) is 0 Å². The minimum absolute atomic E-state index is 0.318. The lowest BCUT2D eigenvalue weighted by Crippen LogP contribution is -2.33. The average molecular weight is 446 g/mol. The number of rotatable bonds is 4. The third kappa shape index (κ3) is 6.24. The van der Waals surface area contributed by atoms with E-state index in [0.29, 0.717) is 12.5 Å². The Morgan fingerprint density at radius 1 is 1.18 bits per heavy atom. The molecular formula is C28H35N3O2. The summed E-state index contributed by atoms with van der Waals surface area (Å²) < 4.78 is 4.55. The maximum Gasteiger partial charge on any atom is 0.293 e. The Hall–Kier alpha value is -3.10. The second-order valence-corrected chi connectivity index (χ2v) is 9.80. The summed E-state index contributed by atoms with van der Waals surface area (Å²) in [5.41, 5.74) is 7.07. The number of ether oxygens (including phenoxy) is 1. The molecule has 0 bridgehead atoms. The predicted octanol–water partition coefficient (Wildman–Crippen LogP) is 6.34. The van der Waals surface area contributed by atoms with Gasteiger partial charge in [-0.2, -0.15) is 5.26 Å². The number of hydrogen-bond donors (Lipinski definition) is 1. The van der Waals surface area contributed by atoms with E-state index in [-0.39, 0.29) is 5.60 Å². The van der Waals surface area contributed by atoms with Gasteiger partial charge in [0.25, 0.3) is 6.47 Å². The smallest absolute Gasteiger partial charge is 0.293 e. The first kappa shape index (κ1) is 24.5. The molecule has 1 aromatic heterocycles. The number of aryl methyl sites for hydroxylation is 2. The van der Waals surface area contributed by atoms with Crippen molar-refractivity contribution in [2.45, 2.75) is 72.1 Å². The zero-order chi connectivity index (χ0) is 24.0. The molecule has 0 aliphatic carbocycles. The molecule has 1 aliphatic heterocycles. The van der Waals surface area contributed by atoms with E-state index >= 15 is 0 Å². The Bertz CT molecular complexity index is 1130. The van der Waals surface area contributed by atoms with E-state index in [0.717, 1.165) is 25.1 Å². The summed E-state index contributed by atoms with van der Waals surface area (Å²) in [6.45, 7) is 12.4. The van der Waals surface area contributed by atoms with Crippen LogP contribution in [0.15, 0.2) is 42.6 Å². The largest absolute Gasteiger partial charge is 0.462 e. The van der Waals surface area contributed by atoms with E-state index in [2.05, 4.69) is 58.8 Å². The summed E-state index contributed by atoms with van der Waals surface area (Å²) in [7, 11) is 0. The molecule has 5 nitrogen and oxygen atoms in total. The second kappa shape index (κ2) is 10.7. The molecule has 1 atom stereocenters. The van der Waals surface area contributed by atoms with Crippen molar-refractivity contribution in [3.63, 3.8) is 0 Å². The number of aromatic amines is 1. The standard InChI is InChI=1S/C23H25N3.C5H10O2/c1-16-12-17(2)23-20(9-10-25-23)21(16)15-26-11-4-3-8-22(26)19-7-5-6-18(13-19)14-24;1-5(2,3)7-4-6/h5-7,9-10,12-13,22,25H,3-4,8,11,15H2,1-2H3;4H,1-3H3. The maximum absolute atomic E-state index is 9.60. The van der Waals surface area contributed by atoms with Gasteiger partial charge in [0.1, 0.15) is 5.60 Å². The van der Waals surface area contributed by atoms with Gasteiger partial charge in [0.05, 0.1) is 11.6 Å². The first-order valence-corrected chi connectivity index (χ1v) is 11.6. The average Bonchev–Trinajstić information content (AvgIpc) is 3.27. The monoisotopic (exact) mass is 445 g/mol. The zero-order valence-corrected chi connectivity index (χ0v) is 20.4. The Labute approximate surface area is 197 Å². The van der Waals surface area contributed by atoms with Gasteiger partial charge in [-0.3, -0.25) is 9.69 Å². The summed E-state index contributed by atoms with van der Waals surface area (Å²) in [5.74, 6) is 0. The van der Waals surface area contributed by atoms with Gasteiger partial charge in [-0.05, 0) is 94.5 Å². The summed E-state index contributed by atoms with van der Waals surface area (Å²) in [4.78, 5) is 15.6. The molecule has 0 spiro atoms. The normalized spacial score (nSPS) is 16.5. The van der Waals surface area contributed by atoms with Crippen LogP contribution in [0.5, 0.6) is 0 Å². The predicted molar refractivity (Wildman–Crippen MR) is 133 cm³/mol. The van der Waals surface area contributed by atoms with E-state index in [1.807, 2.05) is 39.1 Å². The molecule has 0 amide bonds. The molecule has 174 valence electrons. The lowest BCUT2D eigenvalue weighted by molar-refractivity contribution is -0.138. The molecule has 5 heteroatoms. The number of benzene rings is 2. The number of hydrogen-bond acceptors (Lipinski definition) is 4. The van der Waals surface area contributed by atoms with Gasteiger partial charge in [0.15, 0.2) is 0 Å². The minimum Gasteiger partial charge on any atom is -0.462 e. The van der Waals surface area contributed by atoms with Crippen molar-refractivity contribution < 1.29 is 9.53 Å². The van der Waals surface area contributed by atoms with Gasteiger partial charge in [-0.25, -0.2) is 0 Å². The van der Waals surface area contributed by atoms with Gasteiger partial charge >= 0.3 is 0 Å². The van der Waals surface area contributed by atoms with Crippen LogP contribution in [0, 0.1) is 25.2 Å². The van der Waals surface area contributed by atoms with Crippen LogP contribution in [-0.2, 0) is 16.1 Å². The molecule has 1 fully saturated rings. The number of piperidine rings is 1. The third-order valence-corrected chi connectivity index (χ3v) is 6.15. The van der Waals surface area contributed by atoms with Crippen molar-refractivity contribution in [2.75, 3.05) is 6.54 Å². The highest BCUT2D eigenvalue weighted by atomic mass is 16.5. The van der Waals surface area contributed by atoms with E-state index in [1.54, 1.807) is 0 Å². The van der Waals surface area contributed by atoms with E-state index in [1.165, 1.54) is 46.0 Å². The number of H-pyrrole nitrogens is 1. The van der Waals surface area contributed by atoms with E-state index in [4.69, 9.17) is 0 Å². The fraction of sp³-hybridized carbons (Fsp3) is 0.429. The molecule has 1 N–H and O–H groups in total. The molecule has 1 unspecified atom stereocenters. The van der Waals surface area contributed by atoms with Gasteiger partial charge in [0.2, 0.25) is 0 Å². The molecule has 0 radical (unpaired) electrons. The zero-order valence-electron chi connectivity index (χ0n) is 20.4. The lowest BCUT2D eigenvalue weighted by Gasteiger charge is -2.36. The highest BCUT2D eigenvalue weighted by Gasteiger charge is 2.25. The summed E-state index contributed by atoms with van der Waals surface area (Å²) >= 11 is 0. The summed E-state index contributed by atoms with van der Waals surface area (Å²) in [6, 6.07) is 15.3. The number of carbonyl (C=O) groups excluding carboxylic acids is 1. The molecule has 0 saturated carbocycles. The topological polar surface area (TPSA) is 69.1 Å². The van der Waals surface area contributed by atoms with Crippen molar-refractivity contribution in [3.05, 3.63) is 70.4 Å². The van der Waals surface area contributed by atoms with E-state index in [9.17, 15) is 10.1 Å². The van der Waals surface area contributed by atoms with Crippen molar-refractivity contribution in [3.8, 4) is 6.07 Å². The van der Waals surface area contributed by atoms with Crippen LogP contribution in [0.3, 0.4) is 0 Å². The molecule has 4 rings (SSSR count). The van der Waals surface area contributed by atoms with Gasteiger partial charge in [-0.15, -0.1) is 0 Å². The molecular weight excluding hydrogens is 410 g/mol. The SMILES string of the molecule is CC(C)(C)OC=O.Cc1cc(C)c2[nH]ccc2c1CN1CCCCC1c1cccc(C#N)c1. The molecule has 1 aliphatic rings. The number of nitriles is 1. The third-order valence-electron chi connectivity index (χ3n) is 6.15. The fourth-order valence-corrected chi connectivity index (χ4v) is 4.57. The van der Waals surface area contributed by atoms with Crippen LogP contribution >= 0.6 is 0 Å². The van der Waals surface area contributed by atoms with Gasteiger partial charge < -0.3 is 9.72 Å². The van der Waals surface area contributed by atoms with Gasteiger partial charge in [0, 0.05) is 29.7 Å². The van der Waals surface area contributed by atoms with Crippen molar-refractivity contribution in [1.29, 1.82) is 5.26 Å². The first-order valence-electron chi connectivity index (χ1n) is 11.6.